The van der Waals surface area contributed by atoms with E-state index in [0.29, 0.717) is 24.6 Å². The lowest BCUT2D eigenvalue weighted by Gasteiger charge is -2.42. The van der Waals surface area contributed by atoms with Gasteiger partial charge in [0.2, 0.25) is 11.8 Å². The lowest BCUT2D eigenvalue weighted by atomic mass is 9.77. The number of carbonyl (C=O) groups is 3. The summed E-state index contributed by atoms with van der Waals surface area (Å²) in [6, 6.07) is 9.12. The van der Waals surface area contributed by atoms with Gasteiger partial charge in [0, 0.05) is 44.6 Å². The van der Waals surface area contributed by atoms with Gasteiger partial charge in [0.1, 0.15) is 0 Å². The first-order valence-corrected chi connectivity index (χ1v) is 10.7. The number of likely N-dealkylation sites (tertiary alicyclic amines) is 2. The van der Waals surface area contributed by atoms with Crippen LogP contribution in [0, 0.1) is 11.3 Å². The molecule has 1 aromatic carbocycles. The molecule has 150 valence electrons. The number of hydrogen-bond donors (Lipinski definition) is 0. The molecule has 1 spiro atoms. The molecule has 0 unspecified atom stereocenters. The molecule has 0 bridgehead atoms. The molecule has 5 heteroatoms. The molecule has 28 heavy (non-hydrogen) atoms. The van der Waals surface area contributed by atoms with Gasteiger partial charge in [-0.15, -0.1) is 0 Å². The zero-order valence-corrected chi connectivity index (χ0v) is 16.6. The maximum Gasteiger partial charge on any atom is 0.230 e. The fraction of sp³-hybridized carbons (Fsp3) is 0.609. The summed E-state index contributed by atoms with van der Waals surface area (Å²) in [7, 11) is 0. The Bertz CT molecular complexity index is 743. The number of nitrogens with zero attached hydrogens (tertiary/aromatic N) is 2. The van der Waals surface area contributed by atoms with Crippen molar-refractivity contribution in [1.82, 2.24) is 9.80 Å². The van der Waals surface area contributed by atoms with Crippen molar-refractivity contribution >= 4 is 17.6 Å². The van der Waals surface area contributed by atoms with E-state index >= 15 is 0 Å². The highest BCUT2D eigenvalue weighted by Crippen LogP contribution is 2.41. The first kappa shape index (κ1) is 19.2. The number of benzene rings is 1. The van der Waals surface area contributed by atoms with Crippen LogP contribution >= 0.6 is 0 Å². The lowest BCUT2D eigenvalue weighted by Crippen LogP contribution is -2.52. The predicted molar refractivity (Wildman–Crippen MR) is 107 cm³/mol. The van der Waals surface area contributed by atoms with Crippen molar-refractivity contribution in [2.75, 3.05) is 26.2 Å². The summed E-state index contributed by atoms with van der Waals surface area (Å²) in [5, 5.41) is 0. The Morgan fingerprint density at radius 2 is 1.79 bits per heavy atom. The van der Waals surface area contributed by atoms with E-state index in [1.54, 1.807) is 12.1 Å². The van der Waals surface area contributed by atoms with Gasteiger partial charge in [0.15, 0.2) is 5.78 Å². The fourth-order valence-corrected chi connectivity index (χ4v) is 4.92. The van der Waals surface area contributed by atoms with E-state index in [4.69, 9.17) is 0 Å². The Morgan fingerprint density at radius 3 is 2.50 bits per heavy atom. The van der Waals surface area contributed by atoms with Crippen molar-refractivity contribution in [2.24, 2.45) is 11.3 Å². The second-order valence-electron chi connectivity index (χ2n) is 8.79. The van der Waals surface area contributed by atoms with Crippen LogP contribution in [0.3, 0.4) is 0 Å². The Labute approximate surface area is 167 Å². The second kappa shape index (κ2) is 8.06. The zero-order valence-electron chi connectivity index (χ0n) is 16.6. The summed E-state index contributed by atoms with van der Waals surface area (Å²) in [5.41, 5.74) is 0.281. The third-order valence-corrected chi connectivity index (χ3v) is 6.90. The van der Waals surface area contributed by atoms with E-state index in [1.165, 1.54) is 19.3 Å². The Kier molecular flexibility index (Phi) is 5.51. The van der Waals surface area contributed by atoms with Gasteiger partial charge in [0.25, 0.3) is 0 Å². The number of ketones is 1. The van der Waals surface area contributed by atoms with Gasteiger partial charge in [-0.3, -0.25) is 14.4 Å². The number of carbonyl (C=O) groups excluding carboxylic acids is 3. The van der Waals surface area contributed by atoms with Crippen LogP contribution in [0.4, 0.5) is 0 Å². The third-order valence-electron chi connectivity index (χ3n) is 6.90. The molecule has 0 aromatic heterocycles. The molecule has 2 heterocycles. The van der Waals surface area contributed by atoms with Crippen LogP contribution in [0.15, 0.2) is 30.3 Å². The van der Waals surface area contributed by atoms with Gasteiger partial charge >= 0.3 is 0 Å². The highest BCUT2D eigenvalue weighted by atomic mass is 16.2. The van der Waals surface area contributed by atoms with E-state index < -0.39 is 0 Å². The average molecular weight is 383 g/mol. The Hall–Kier alpha value is -2.17. The van der Waals surface area contributed by atoms with Crippen LogP contribution in [0.1, 0.15) is 61.7 Å². The molecule has 2 aliphatic heterocycles. The smallest absolute Gasteiger partial charge is 0.230 e. The van der Waals surface area contributed by atoms with E-state index in [0.717, 1.165) is 32.4 Å². The van der Waals surface area contributed by atoms with Gasteiger partial charge < -0.3 is 9.80 Å². The molecule has 1 atom stereocenters. The molecule has 2 saturated heterocycles. The number of amides is 2. The molecule has 3 fully saturated rings. The minimum atomic E-state index is -0.374. The molecule has 1 aromatic rings. The minimum absolute atomic E-state index is 0.00303. The summed E-state index contributed by atoms with van der Waals surface area (Å²) in [6.07, 6.45) is 6.94. The van der Waals surface area contributed by atoms with Crippen LogP contribution in [0.25, 0.3) is 0 Å². The van der Waals surface area contributed by atoms with Crippen molar-refractivity contribution in [3.8, 4) is 0 Å². The number of hydrogen-bond acceptors (Lipinski definition) is 3. The summed E-state index contributed by atoms with van der Waals surface area (Å²) in [4.78, 5) is 42.0. The summed E-state index contributed by atoms with van der Waals surface area (Å²) in [6.45, 7) is 2.95. The van der Waals surface area contributed by atoms with Crippen molar-refractivity contribution < 1.29 is 14.4 Å². The van der Waals surface area contributed by atoms with E-state index in [1.807, 2.05) is 23.1 Å². The fourth-order valence-electron chi connectivity index (χ4n) is 4.92. The highest BCUT2D eigenvalue weighted by Gasteiger charge is 2.49. The summed E-state index contributed by atoms with van der Waals surface area (Å²) in [5.74, 6) is 0.955. The van der Waals surface area contributed by atoms with Crippen LogP contribution in [0.5, 0.6) is 0 Å². The number of piperidine rings is 1. The SMILES string of the molecule is O=C(CCC(=O)N1CC[C@]2(CCCN(CC3CCC3)C2=O)C1)c1ccccc1. The topological polar surface area (TPSA) is 57.7 Å². The molecule has 1 aliphatic carbocycles. The molecule has 4 rings (SSSR count). The monoisotopic (exact) mass is 382 g/mol. The summed E-state index contributed by atoms with van der Waals surface area (Å²) < 4.78 is 0. The Morgan fingerprint density at radius 1 is 1.00 bits per heavy atom. The highest BCUT2D eigenvalue weighted by molar-refractivity contribution is 5.98. The third kappa shape index (κ3) is 3.85. The maximum atomic E-state index is 13.2. The van der Waals surface area contributed by atoms with Crippen molar-refractivity contribution in [2.45, 2.75) is 51.4 Å². The van der Waals surface area contributed by atoms with Crippen molar-refractivity contribution in [1.29, 1.82) is 0 Å². The number of Topliss-reactive ketones (excluding diaryl/α,β-unsaturated/α-hetero) is 1. The predicted octanol–water partition coefficient (Wildman–Crippen LogP) is 3.29. The molecular weight excluding hydrogens is 352 g/mol. The Balaban J connectivity index is 1.31. The van der Waals surface area contributed by atoms with Gasteiger partial charge in [-0.2, -0.15) is 0 Å². The van der Waals surface area contributed by atoms with Gasteiger partial charge in [-0.1, -0.05) is 36.8 Å². The molecular formula is C23H30N2O3. The van der Waals surface area contributed by atoms with Crippen LogP contribution in [0.2, 0.25) is 0 Å². The first-order chi connectivity index (χ1) is 13.6. The quantitative estimate of drug-likeness (QED) is 0.710. The largest absolute Gasteiger partial charge is 0.342 e. The van der Waals surface area contributed by atoms with Crippen molar-refractivity contribution in [3.63, 3.8) is 0 Å². The van der Waals surface area contributed by atoms with E-state index in [9.17, 15) is 14.4 Å². The molecule has 5 nitrogen and oxygen atoms in total. The van der Waals surface area contributed by atoms with E-state index in [2.05, 4.69) is 4.90 Å². The normalized spacial score (nSPS) is 25.2. The summed E-state index contributed by atoms with van der Waals surface area (Å²) >= 11 is 0. The van der Waals surface area contributed by atoms with Gasteiger partial charge in [-0.25, -0.2) is 0 Å². The van der Waals surface area contributed by atoms with Crippen LogP contribution in [-0.2, 0) is 9.59 Å². The number of rotatable bonds is 6. The minimum Gasteiger partial charge on any atom is -0.342 e. The van der Waals surface area contributed by atoms with Gasteiger partial charge in [0.05, 0.1) is 5.41 Å². The molecule has 0 radical (unpaired) electrons. The van der Waals surface area contributed by atoms with Crippen molar-refractivity contribution in [3.05, 3.63) is 35.9 Å². The van der Waals surface area contributed by atoms with Crippen LogP contribution < -0.4 is 0 Å². The maximum absolute atomic E-state index is 13.2. The first-order valence-electron chi connectivity index (χ1n) is 10.7. The molecule has 2 amide bonds. The van der Waals surface area contributed by atoms with Crippen LogP contribution in [-0.4, -0.2) is 53.6 Å². The molecule has 1 saturated carbocycles. The second-order valence-corrected chi connectivity index (χ2v) is 8.79. The molecule has 0 N–H and O–H groups in total. The van der Waals surface area contributed by atoms with Gasteiger partial charge in [-0.05, 0) is 38.0 Å². The average Bonchev–Trinajstić information content (AvgIpc) is 3.11. The lowest BCUT2D eigenvalue weighted by molar-refractivity contribution is -0.147. The standard InChI is InChI=1S/C23H30N2O3/c26-20(19-8-2-1-3-9-19)10-11-21(27)25-15-13-23(17-25)12-5-14-24(22(23)28)16-18-6-4-7-18/h1-3,8-9,18H,4-7,10-17H2/t23-/m1/s1. The zero-order chi connectivity index (χ0) is 19.6. The molecule has 3 aliphatic rings. The van der Waals surface area contributed by atoms with E-state index in [-0.39, 0.29) is 35.9 Å².